The van der Waals surface area contributed by atoms with Crippen LogP contribution in [0.3, 0.4) is 0 Å². The number of ether oxygens (including phenoxy) is 1. The van der Waals surface area contributed by atoms with Crippen molar-refractivity contribution in [2.75, 3.05) is 18.5 Å². The maximum atomic E-state index is 13.2. The highest BCUT2D eigenvalue weighted by molar-refractivity contribution is 6.24. The summed E-state index contributed by atoms with van der Waals surface area (Å²) in [6.45, 7) is 1.85. The molecule has 0 aliphatic carbocycles. The number of imide groups is 2. The highest BCUT2D eigenvalue weighted by Gasteiger charge is 2.46. The van der Waals surface area contributed by atoms with Gasteiger partial charge in [0.25, 0.3) is 17.7 Å². The fourth-order valence-corrected chi connectivity index (χ4v) is 6.34. The van der Waals surface area contributed by atoms with Crippen molar-refractivity contribution >= 4 is 41.5 Å². The molecule has 52 heavy (non-hydrogen) atoms. The van der Waals surface area contributed by atoms with Crippen LogP contribution in [0.5, 0.6) is 5.75 Å². The second-order valence-corrected chi connectivity index (χ2v) is 12.6. The number of unbranched alkanes of at least 4 members (excludes halogenated alkanes) is 3. The van der Waals surface area contributed by atoms with E-state index in [1.807, 2.05) is 48.5 Å². The van der Waals surface area contributed by atoms with Crippen LogP contribution in [0.15, 0.2) is 77.2 Å². The van der Waals surface area contributed by atoms with E-state index in [0.29, 0.717) is 24.4 Å². The number of hydrogen-bond acceptors (Lipinski definition) is 9. The van der Waals surface area contributed by atoms with Gasteiger partial charge in [0.15, 0.2) is 12.4 Å². The van der Waals surface area contributed by atoms with Crippen LogP contribution >= 0.6 is 0 Å². The Bertz CT molecular complexity index is 2010. The summed E-state index contributed by atoms with van der Waals surface area (Å²) < 4.78 is 11.7. The number of fused-ring (bicyclic) bond motifs is 1. The first-order chi connectivity index (χ1) is 25.2. The van der Waals surface area contributed by atoms with Crippen molar-refractivity contribution in [1.82, 2.24) is 20.5 Å². The van der Waals surface area contributed by atoms with Gasteiger partial charge in [-0.15, -0.1) is 0 Å². The number of carbonyl (C=O) groups is 6. The van der Waals surface area contributed by atoms with Crippen molar-refractivity contribution in [3.63, 3.8) is 0 Å². The van der Waals surface area contributed by atoms with Gasteiger partial charge in [-0.1, -0.05) is 80.4 Å². The number of benzene rings is 3. The van der Waals surface area contributed by atoms with E-state index in [1.54, 1.807) is 13.0 Å². The van der Waals surface area contributed by atoms with Crippen molar-refractivity contribution in [1.29, 1.82) is 0 Å². The first kappa shape index (κ1) is 35.7. The highest BCUT2D eigenvalue weighted by atomic mass is 16.5. The lowest BCUT2D eigenvalue weighted by Crippen LogP contribution is -2.54. The van der Waals surface area contributed by atoms with Gasteiger partial charge in [0, 0.05) is 30.5 Å². The lowest BCUT2D eigenvalue weighted by atomic mass is 9.97. The minimum absolute atomic E-state index is 0.00452. The van der Waals surface area contributed by atoms with E-state index in [0.717, 1.165) is 53.7 Å². The highest BCUT2D eigenvalue weighted by Crippen LogP contribution is 2.37. The largest absolute Gasteiger partial charge is 0.483 e. The number of piperidine rings is 1. The van der Waals surface area contributed by atoms with Gasteiger partial charge in [0.1, 0.15) is 17.5 Å². The normalized spacial score (nSPS) is 15.3. The topological polar surface area (TPSA) is 177 Å². The summed E-state index contributed by atoms with van der Waals surface area (Å²) in [5.74, 6) is -2.39. The fraction of sp³-hybridized carbons (Fsp3) is 0.308. The molecule has 0 spiro atoms. The number of nitrogens with zero attached hydrogens (tertiary/aromatic N) is 2. The van der Waals surface area contributed by atoms with Crippen LogP contribution in [0.4, 0.5) is 6.01 Å². The Balaban J connectivity index is 0.972. The Labute approximate surface area is 300 Å². The van der Waals surface area contributed by atoms with E-state index in [-0.39, 0.29) is 54.2 Å². The van der Waals surface area contributed by atoms with E-state index in [1.165, 1.54) is 12.1 Å². The number of hydrogen-bond donors (Lipinski definition) is 3. The molecule has 3 heterocycles. The molecule has 6 amide bonds. The summed E-state index contributed by atoms with van der Waals surface area (Å²) in [7, 11) is 0. The van der Waals surface area contributed by atoms with Crippen LogP contribution in [0, 0.1) is 0 Å². The number of amides is 6. The molecule has 2 aliphatic rings. The van der Waals surface area contributed by atoms with Crippen LogP contribution in [0.25, 0.3) is 22.6 Å². The Kier molecular flexibility index (Phi) is 11.2. The zero-order chi connectivity index (χ0) is 36.6. The number of carbonyl (C=O) groups excluding carboxylic acids is 6. The van der Waals surface area contributed by atoms with E-state index >= 15 is 0 Å². The van der Waals surface area contributed by atoms with Crippen molar-refractivity contribution < 1.29 is 37.9 Å². The number of oxazole rings is 1. The molecule has 2 aliphatic heterocycles. The Hall–Kier alpha value is -6.11. The Morgan fingerprint density at radius 2 is 1.63 bits per heavy atom. The summed E-state index contributed by atoms with van der Waals surface area (Å²) in [4.78, 5) is 80.4. The second kappa shape index (κ2) is 16.3. The van der Waals surface area contributed by atoms with Gasteiger partial charge in [0.05, 0.1) is 11.1 Å². The minimum atomic E-state index is -1.09. The maximum absolute atomic E-state index is 13.2. The van der Waals surface area contributed by atoms with Crippen molar-refractivity contribution in [2.45, 2.75) is 64.3 Å². The molecule has 0 bridgehead atoms. The van der Waals surface area contributed by atoms with Crippen LogP contribution in [0.1, 0.15) is 78.1 Å². The van der Waals surface area contributed by atoms with Crippen molar-refractivity contribution in [3.05, 3.63) is 89.5 Å². The van der Waals surface area contributed by atoms with Gasteiger partial charge in [0.2, 0.25) is 17.7 Å². The molecule has 13 nitrogen and oxygen atoms in total. The van der Waals surface area contributed by atoms with Gasteiger partial charge in [-0.2, -0.15) is 4.98 Å². The molecule has 1 saturated heterocycles. The van der Waals surface area contributed by atoms with E-state index < -0.39 is 29.7 Å². The molecule has 1 aromatic heterocycles. The number of nitrogens with one attached hydrogen (secondary N) is 3. The van der Waals surface area contributed by atoms with Gasteiger partial charge in [-0.3, -0.25) is 44.3 Å². The monoisotopic (exact) mass is 705 g/mol. The Morgan fingerprint density at radius 3 is 2.42 bits per heavy atom. The predicted molar refractivity (Wildman–Crippen MR) is 190 cm³/mol. The zero-order valence-corrected chi connectivity index (χ0v) is 28.7. The third-order valence-corrected chi connectivity index (χ3v) is 8.99. The molecule has 0 radical (unpaired) electrons. The molecule has 1 fully saturated rings. The molecule has 4 aromatic rings. The molecule has 0 saturated carbocycles. The minimum Gasteiger partial charge on any atom is -0.483 e. The molecule has 3 N–H and O–H groups in total. The third kappa shape index (κ3) is 7.93. The van der Waals surface area contributed by atoms with Gasteiger partial charge in [-0.05, 0) is 43.4 Å². The van der Waals surface area contributed by atoms with Gasteiger partial charge < -0.3 is 14.5 Å². The number of anilines is 1. The van der Waals surface area contributed by atoms with E-state index in [2.05, 4.69) is 27.0 Å². The van der Waals surface area contributed by atoms with Crippen molar-refractivity contribution in [2.24, 2.45) is 0 Å². The standard InChI is InChI=1S/C39H39N5O8/c1-2-30(45)42-39-43-34(35(52-39)25-15-7-5-8-16-25)26-17-10-9-14-24(26)13-6-3-4-11-22-40-32(47)23-51-29-19-12-18-27-33(29)38(50)44(37(27)49)28-20-21-31(46)41-36(28)48/h5,7-10,12,14-19,28H,2-4,6,11,13,20-23H2,1H3,(H,40,47)(H,41,46,48)(H,42,43,45). The maximum Gasteiger partial charge on any atom is 0.302 e. The molecular formula is C39H39N5O8. The SMILES string of the molecule is CCC(=O)Nc1nc(-c2ccccc2CCCCCCNC(=O)COc2cccc3c2C(=O)N(C2CCC(=O)NC2=O)C3=O)c(-c2ccccc2)o1. The average molecular weight is 706 g/mol. The van der Waals surface area contributed by atoms with Crippen molar-refractivity contribution in [3.8, 4) is 28.3 Å². The van der Waals surface area contributed by atoms with Crippen LogP contribution in [0.2, 0.25) is 0 Å². The molecule has 3 aromatic carbocycles. The lowest BCUT2D eigenvalue weighted by Gasteiger charge is -2.27. The second-order valence-electron chi connectivity index (χ2n) is 12.6. The Morgan fingerprint density at radius 1 is 0.885 bits per heavy atom. The quantitative estimate of drug-likeness (QED) is 0.113. The van der Waals surface area contributed by atoms with Crippen LogP contribution in [-0.4, -0.2) is 64.5 Å². The average Bonchev–Trinajstić information content (AvgIpc) is 3.68. The van der Waals surface area contributed by atoms with Gasteiger partial charge in [-0.25, -0.2) is 0 Å². The summed E-state index contributed by atoms with van der Waals surface area (Å²) in [5.41, 5.74) is 3.65. The van der Waals surface area contributed by atoms with Crippen LogP contribution < -0.4 is 20.7 Å². The fourth-order valence-electron chi connectivity index (χ4n) is 6.34. The lowest BCUT2D eigenvalue weighted by molar-refractivity contribution is -0.136. The first-order valence-electron chi connectivity index (χ1n) is 17.4. The molecule has 6 rings (SSSR count). The number of aryl methyl sites for hydroxylation is 1. The molecule has 1 unspecified atom stereocenters. The number of aromatic nitrogens is 1. The van der Waals surface area contributed by atoms with E-state index in [4.69, 9.17) is 9.15 Å². The van der Waals surface area contributed by atoms with Crippen LogP contribution in [-0.2, 0) is 25.6 Å². The first-order valence-corrected chi connectivity index (χ1v) is 17.4. The molecule has 13 heteroatoms. The summed E-state index contributed by atoms with van der Waals surface area (Å²) >= 11 is 0. The summed E-state index contributed by atoms with van der Waals surface area (Å²) in [6.07, 6.45) is 4.65. The van der Waals surface area contributed by atoms with Gasteiger partial charge >= 0.3 is 6.01 Å². The summed E-state index contributed by atoms with van der Waals surface area (Å²) in [6, 6.07) is 21.3. The molecule has 1 atom stereocenters. The zero-order valence-electron chi connectivity index (χ0n) is 28.7. The third-order valence-electron chi connectivity index (χ3n) is 8.99. The number of rotatable bonds is 15. The predicted octanol–water partition coefficient (Wildman–Crippen LogP) is 5.06. The molecule has 268 valence electrons. The van der Waals surface area contributed by atoms with E-state index in [9.17, 15) is 28.8 Å². The summed E-state index contributed by atoms with van der Waals surface area (Å²) in [5, 5.41) is 7.74. The smallest absolute Gasteiger partial charge is 0.302 e. The molecular weight excluding hydrogens is 666 g/mol.